The van der Waals surface area contributed by atoms with Crippen LogP contribution in [0.2, 0.25) is 0 Å². The summed E-state index contributed by atoms with van der Waals surface area (Å²) in [5.41, 5.74) is 0.863. The minimum atomic E-state index is -3.43. The van der Waals surface area contributed by atoms with E-state index in [1.165, 1.54) is 18.4 Å². The van der Waals surface area contributed by atoms with Crippen LogP contribution in [0.5, 0.6) is 0 Å². The van der Waals surface area contributed by atoms with Gasteiger partial charge in [0.1, 0.15) is 0 Å². The van der Waals surface area contributed by atoms with Crippen molar-refractivity contribution >= 4 is 27.3 Å². The van der Waals surface area contributed by atoms with Crippen LogP contribution in [0.3, 0.4) is 0 Å². The standard InChI is InChI=1S/C16H20N2O3S2/c1-12(17-16(19)11-14-5-4-10-22-14)13-6-8-15(9-7-13)23(20,21)18(2)3/h4-10,12H,11H2,1-3H3,(H,17,19)/t12-/m0/s1. The SMILES string of the molecule is C[C@H](NC(=O)Cc1cccs1)c1ccc(S(=O)(=O)N(C)C)cc1. The molecule has 5 nitrogen and oxygen atoms in total. The monoisotopic (exact) mass is 352 g/mol. The van der Waals surface area contributed by atoms with E-state index in [2.05, 4.69) is 5.32 Å². The zero-order valence-corrected chi connectivity index (χ0v) is 14.9. The fourth-order valence-corrected chi connectivity index (χ4v) is 3.69. The highest BCUT2D eigenvalue weighted by atomic mass is 32.2. The molecule has 2 aromatic rings. The molecule has 0 bridgehead atoms. The summed E-state index contributed by atoms with van der Waals surface area (Å²) in [5, 5.41) is 4.86. The summed E-state index contributed by atoms with van der Waals surface area (Å²) < 4.78 is 25.2. The molecular weight excluding hydrogens is 332 g/mol. The van der Waals surface area contributed by atoms with Crippen LogP contribution in [-0.2, 0) is 21.2 Å². The van der Waals surface area contributed by atoms with Gasteiger partial charge in [-0.3, -0.25) is 4.79 Å². The van der Waals surface area contributed by atoms with Gasteiger partial charge in [0.25, 0.3) is 0 Å². The maximum absolute atomic E-state index is 12.0. The van der Waals surface area contributed by atoms with Gasteiger partial charge in [0.05, 0.1) is 17.4 Å². The molecule has 0 radical (unpaired) electrons. The zero-order chi connectivity index (χ0) is 17.0. The molecule has 7 heteroatoms. The Kier molecular flexibility index (Phi) is 5.56. The van der Waals surface area contributed by atoms with Crippen LogP contribution in [-0.4, -0.2) is 32.7 Å². The predicted molar refractivity (Wildman–Crippen MR) is 91.9 cm³/mol. The average Bonchev–Trinajstić information content (AvgIpc) is 2.99. The van der Waals surface area contributed by atoms with Gasteiger partial charge in [-0.25, -0.2) is 12.7 Å². The first-order valence-electron chi connectivity index (χ1n) is 7.15. The van der Waals surface area contributed by atoms with Crippen molar-refractivity contribution in [1.82, 2.24) is 9.62 Å². The van der Waals surface area contributed by atoms with Crippen molar-refractivity contribution in [2.24, 2.45) is 0 Å². The Morgan fingerprint density at radius 3 is 2.39 bits per heavy atom. The molecule has 1 amide bonds. The number of carbonyl (C=O) groups is 1. The van der Waals surface area contributed by atoms with Gasteiger partial charge in [-0.15, -0.1) is 11.3 Å². The van der Waals surface area contributed by atoms with Crippen molar-refractivity contribution in [3.8, 4) is 0 Å². The first-order chi connectivity index (χ1) is 10.8. The Balaban J connectivity index is 2.03. The largest absolute Gasteiger partial charge is 0.349 e. The van der Waals surface area contributed by atoms with Gasteiger partial charge in [-0.05, 0) is 36.1 Å². The fourth-order valence-electron chi connectivity index (χ4n) is 2.09. The highest BCUT2D eigenvalue weighted by molar-refractivity contribution is 7.89. The summed E-state index contributed by atoms with van der Waals surface area (Å²) in [6.45, 7) is 1.88. The smallest absolute Gasteiger partial charge is 0.242 e. The minimum absolute atomic E-state index is 0.0510. The Hall–Kier alpha value is -1.70. The number of carbonyl (C=O) groups excluding carboxylic acids is 1. The number of thiophene rings is 1. The third kappa shape index (κ3) is 4.40. The van der Waals surface area contributed by atoms with Gasteiger partial charge in [-0.2, -0.15) is 0 Å². The van der Waals surface area contributed by atoms with Crippen molar-refractivity contribution in [2.75, 3.05) is 14.1 Å². The molecule has 2 rings (SSSR count). The van der Waals surface area contributed by atoms with Crippen LogP contribution < -0.4 is 5.32 Å². The third-order valence-electron chi connectivity index (χ3n) is 3.45. The van der Waals surface area contributed by atoms with E-state index in [1.54, 1.807) is 35.6 Å². The molecule has 124 valence electrons. The van der Waals surface area contributed by atoms with Crippen LogP contribution in [0.15, 0.2) is 46.7 Å². The number of hydrogen-bond acceptors (Lipinski definition) is 4. The van der Waals surface area contributed by atoms with Crippen LogP contribution in [0, 0.1) is 0 Å². The molecule has 0 aliphatic rings. The van der Waals surface area contributed by atoms with E-state index in [0.717, 1.165) is 10.4 Å². The maximum atomic E-state index is 12.0. The number of amides is 1. The second-order valence-electron chi connectivity index (χ2n) is 5.40. The number of nitrogens with one attached hydrogen (secondary N) is 1. The van der Waals surface area contributed by atoms with Crippen LogP contribution in [0.25, 0.3) is 0 Å². The number of nitrogens with zero attached hydrogens (tertiary/aromatic N) is 1. The lowest BCUT2D eigenvalue weighted by Crippen LogP contribution is -2.28. The van der Waals surface area contributed by atoms with Crippen molar-refractivity contribution in [1.29, 1.82) is 0 Å². The van der Waals surface area contributed by atoms with E-state index in [-0.39, 0.29) is 16.8 Å². The summed E-state index contributed by atoms with van der Waals surface area (Å²) in [5.74, 6) is -0.0510. The molecule has 23 heavy (non-hydrogen) atoms. The predicted octanol–water partition coefficient (Wildman–Crippen LogP) is 2.42. The molecule has 1 aromatic heterocycles. The van der Waals surface area contributed by atoms with Crippen LogP contribution >= 0.6 is 11.3 Å². The van der Waals surface area contributed by atoms with Gasteiger partial charge in [-0.1, -0.05) is 18.2 Å². The first-order valence-corrected chi connectivity index (χ1v) is 9.47. The minimum Gasteiger partial charge on any atom is -0.349 e. The van der Waals surface area contributed by atoms with Gasteiger partial charge < -0.3 is 5.32 Å². The molecule has 0 aliphatic carbocycles. The zero-order valence-electron chi connectivity index (χ0n) is 13.3. The number of benzene rings is 1. The maximum Gasteiger partial charge on any atom is 0.242 e. The Morgan fingerprint density at radius 1 is 1.22 bits per heavy atom. The topological polar surface area (TPSA) is 66.5 Å². The van der Waals surface area contributed by atoms with E-state index >= 15 is 0 Å². The second-order valence-corrected chi connectivity index (χ2v) is 8.59. The molecule has 0 spiro atoms. The first kappa shape index (κ1) is 17.7. The van der Waals surface area contributed by atoms with Crippen molar-refractivity contribution in [2.45, 2.75) is 24.3 Å². The molecular formula is C16H20N2O3S2. The normalized spacial score (nSPS) is 13.0. The third-order valence-corrected chi connectivity index (χ3v) is 6.16. The van der Waals surface area contributed by atoms with Gasteiger partial charge >= 0.3 is 0 Å². The number of sulfonamides is 1. The second kappa shape index (κ2) is 7.25. The van der Waals surface area contributed by atoms with Gasteiger partial charge in [0.15, 0.2) is 0 Å². The molecule has 1 atom stereocenters. The van der Waals surface area contributed by atoms with Crippen LogP contribution in [0.4, 0.5) is 0 Å². The van der Waals surface area contributed by atoms with Crippen LogP contribution in [0.1, 0.15) is 23.4 Å². The molecule has 0 saturated carbocycles. The summed E-state index contributed by atoms with van der Waals surface area (Å²) in [6.07, 6.45) is 0.356. The quantitative estimate of drug-likeness (QED) is 0.868. The lowest BCUT2D eigenvalue weighted by Gasteiger charge is -2.16. The van der Waals surface area contributed by atoms with Crippen molar-refractivity contribution < 1.29 is 13.2 Å². The van der Waals surface area contributed by atoms with E-state index in [9.17, 15) is 13.2 Å². The van der Waals surface area contributed by atoms with Crippen molar-refractivity contribution in [3.63, 3.8) is 0 Å². The number of rotatable bonds is 6. The molecule has 0 aliphatic heterocycles. The lowest BCUT2D eigenvalue weighted by molar-refractivity contribution is -0.121. The van der Waals surface area contributed by atoms with Gasteiger partial charge in [0.2, 0.25) is 15.9 Å². The lowest BCUT2D eigenvalue weighted by atomic mass is 10.1. The fraction of sp³-hybridized carbons (Fsp3) is 0.312. The summed E-state index contributed by atoms with van der Waals surface area (Å²) in [7, 11) is -0.436. The molecule has 1 N–H and O–H groups in total. The van der Waals surface area contributed by atoms with Gasteiger partial charge in [0, 0.05) is 19.0 Å². The Bertz CT molecular complexity index is 751. The highest BCUT2D eigenvalue weighted by Gasteiger charge is 2.17. The summed E-state index contributed by atoms with van der Waals surface area (Å²) in [4.78, 5) is 13.3. The van der Waals surface area contributed by atoms with E-state index in [0.29, 0.717) is 6.42 Å². The summed E-state index contributed by atoms with van der Waals surface area (Å²) in [6, 6.07) is 10.2. The average molecular weight is 352 g/mol. The Morgan fingerprint density at radius 2 is 1.87 bits per heavy atom. The molecule has 0 unspecified atom stereocenters. The molecule has 1 aromatic carbocycles. The van der Waals surface area contributed by atoms with E-state index < -0.39 is 10.0 Å². The highest BCUT2D eigenvalue weighted by Crippen LogP contribution is 2.18. The summed E-state index contributed by atoms with van der Waals surface area (Å²) >= 11 is 1.55. The number of hydrogen-bond donors (Lipinski definition) is 1. The van der Waals surface area contributed by atoms with E-state index in [4.69, 9.17) is 0 Å². The molecule has 0 fully saturated rings. The Labute approximate surface area is 141 Å². The van der Waals surface area contributed by atoms with E-state index in [1.807, 2.05) is 24.4 Å². The van der Waals surface area contributed by atoms with Crippen molar-refractivity contribution in [3.05, 3.63) is 52.2 Å². The molecule has 1 heterocycles. The molecule has 0 saturated heterocycles.